The molecule has 12 heteroatoms. The normalized spacial score (nSPS) is 24.6. The molecule has 1 atom stereocenters. The number of amides is 1. The van der Waals surface area contributed by atoms with Gasteiger partial charge in [-0.3, -0.25) is 4.79 Å². The summed E-state index contributed by atoms with van der Waals surface area (Å²) in [4.78, 5) is 11.8. The van der Waals surface area contributed by atoms with Gasteiger partial charge in [0.1, 0.15) is 22.6 Å². The Hall–Kier alpha value is -2.37. The van der Waals surface area contributed by atoms with E-state index in [0.717, 1.165) is 6.07 Å². The summed E-state index contributed by atoms with van der Waals surface area (Å²) >= 11 is 0. The van der Waals surface area contributed by atoms with E-state index in [2.05, 4.69) is 15.0 Å². The lowest BCUT2D eigenvalue weighted by molar-refractivity contribution is -0.153. The fourth-order valence-corrected chi connectivity index (χ4v) is 4.40. The van der Waals surface area contributed by atoms with Gasteiger partial charge >= 0.3 is 6.18 Å². The maximum Gasteiger partial charge on any atom is 0.410 e. The molecule has 1 aromatic carbocycles. The number of fused-ring (bicyclic) bond motifs is 1. The molecule has 1 amide bonds. The van der Waals surface area contributed by atoms with E-state index in [-0.39, 0.29) is 23.1 Å². The predicted octanol–water partition coefficient (Wildman–Crippen LogP) is 1.62. The molecule has 27 heavy (non-hydrogen) atoms. The third-order valence-electron chi connectivity index (χ3n) is 4.63. The molecule has 2 N–H and O–H groups in total. The van der Waals surface area contributed by atoms with Crippen LogP contribution in [0.15, 0.2) is 21.4 Å². The van der Waals surface area contributed by atoms with Crippen molar-refractivity contribution < 1.29 is 30.8 Å². The Kier molecular flexibility index (Phi) is 3.88. The molecule has 1 saturated heterocycles. The Morgan fingerprint density at radius 3 is 2.56 bits per heavy atom. The Balaban J connectivity index is 1.87. The van der Waals surface area contributed by atoms with Crippen molar-refractivity contribution in [1.82, 2.24) is 5.32 Å². The largest absolute Gasteiger partial charge is 0.410 e. The second-order valence-corrected chi connectivity index (χ2v) is 8.21. The minimum atomic E-state index is -4.71. The lowest BCUT2D eigenvalue weighted by Crippen LogP contribution is -2.60. The first-order valence-electron chi connectivity index (χ1n) is 8.12. The van der Waals surface area contributed by atoms with E-state index in [0.29, 0.717) is 23.8 Å². The van der Waals surface area contributed by atoms with Crippen LogP contribution in [0.1, 0.15) is 12.8 Å². The molecule has 4 rings (SSSR count). The van der Waals surface area contributed by atoms with Crippen molar-refractivity contribution in [3.63, 3.8) is 0 Å². The van der Waals surface area contributed by atoms with Gasteiger partial charge in [0.15, 0.2) is 0 Å². The average molecular weight is 406 g/mol. The van der Waals surface area contributed by atoms with Crippen molar-refractivity contribution in [2.24, 2.45) is 10.3 Å². The molecule has 0 aromatic heterocycles. The second kappa shape index (κ2) is 5.81. The van der Waals surface area contributed by atoms with Crippen LogP contribution in [0.25, 0.3) is 0 Å². The number of rotatable bonds is 2. The fraction of sp³-hybridized carbons (Fsp3) is 0.467. The molecule has 2 aliphatic heterocycles. The van der Waals surface area contributed by atoms with Crippen LogP contribution in [-0.2, 0) is 14.8 Å². The van der Waals surface area contributed by atoms with Crippen LogP contribution in [0.5, 0.6) is 0 Å². The molecule has 2 heterocycles. The number of nitrogens with zero attached hydrogens (tertiary/aromatic N) is 2. The first-order valence-corrected chi connectivity index (χ1v) is 9.56. The summed E-state index contributed by atoms with van der Waals surface area (Å²) in [6.07, 6.45) is -3.32. The number of sulfonamides is 1. The van der Waals surface area contributed by atoms with E-state index in [1.165, 1.54) is 0 Å². The lowest BCUT2D eigenvalue weighted by Gasteiger charge is -2.39. The van der Waals surface area contributed by atoms with Gasteiger partial charge in [0.2, 0.25) is 5.91 Å². The zero-order valence-corrected chi connectivity index (χ0v) is 14.5. The maximum absolute atomic E-state index is 14.1. The van der Waals surface area contributed by atoms with Gasteiger partial charge in [-0.05, 0) is 25.0 Å². The smallest absolute Gasteiger partial charge is 0.352 e. The van der Waals surface area contributed by atoms with Crippen LogP contribution in [0.3, 0.4) is 0 Å². The molecule has 1 aromatic rings. The van der Waals surface area contributed by atoms with Gasteiger partial charge in [-0.25, -0.2) is 4.39 Å². The summed E-state index contributed by atoms with van der Waals surface area (Å²) in [5, 5.41) is 4.89. The van der Waals surface area contributed by atoms with Gasteiger partial charge in [-0.2, -0.15) is 21.6 Å². The molecule has 0 radical (unpaired) electrons. The van der Waals surface area contributed by atoms with Crippen LogP contribution in [0.2, 0.25) is 0 Å². The van der Waals surface area contributed by atoms with E-state index in [1.54, 1.807) is 0 Å². The van der Waals surface area contributed by atoms with E-state index >= 15 is 0 Å². The number of nitrogens with one attached hydrogen (secondary N) is 2. The van der Waals surface area contributed by atoms with E-state index < -0.39 is 52.0 Å². The summed E-state index contributed by atoms with van der Waals surface area (Å²) in [5.74, 6) is -1.72. The Morgan fingerprint density at radius 1 is 1.22 bits per heavy atom. The van der Waals surface area contributed by atoms with Crippen LogP contribution in [-0.4, -0.2) is 45.5 Å². The quantitative estimate of drug-likeness (QED) is 0.729. The molecule has 146 valence electrons. The molecular weight excluding hydrogens is 392 g/mol. The second-order valence-electron chi connectivity index (χ2n) is 6.64. The highest BCUT2D eigenvalue weighted by Crippen LogP contribution is 2.43. The van der Waals surface area contributed by atoms with Gasteiger partial charge < -0.3 is 15.5 Å². The minimum Gasteiger partial charge on any atom is -0.352 e. The summed E-state index contributed by atoms with van der Waals surface area (Å²) in [6.45, 7) is -1.40. The van der Waals surface area contributed by atoms with Crippen molar-refractivity contribution in [1.29, 1.82) is 0 Å². The number of hydrogen-bond acceptors (Lipinski definition) is 5. The Labute approximate surface area is 151 Å². The fourth-order valence-electron chi connectivity index (χ4n) is 3.17. The number of hydrogen-bond donors (Lipinski definition) is 2. The molecule has 1 unspecified atom stereocenters. The predicted molar refractivity (Wildman–Crippen MR) is 87.6 cm³/mol. The number of halogens is 4. The van der Waals surface area contributed by atoms with Crippen molar-refractivity contribution in [2.75, 3.05) is 23.3 Å². The third-order valence-corrected chi connectivity index (χ3v) is 5.94. The minimum absolute atomic E-state index is 0.125. The number of carbonyl (C=O) groups is 1. The molecule has 0 spiro atoms. The van der Waals surface area contributed by atoms with Crippen molar-refractivity contribution in [2.45, 2.75) is 30.0 Å². The first-order chi connectivity index (χ1) is 12.6. The number of carbonyl (C=O) groups excluding carboxylic acids is 1. The highest BCUT2D eigenvalue weighted by molar-refractivity contribution is 7.90. The van der Waals surface area contributed by atoms with Crippen LogP contribution >= 0.6 is 0 Å². The lowest BCUT2D eigenvalue weighted by atomic mass is 10.1. The molecule has 2 fully saturated rings. The monoisotopic (exact) mass is 406 g/mol. The summed E-state index contributed by atoms with van der Waals surface area (Å²) in [5.41, 5.74) is -0.518. The van der Waals surface area contributed by atoms with Gasteiger partial charge in [0.25, 0.3) is 10.0 Å². The topological polar surface area (TPSA) is 90.9 Å². The maximum atomic E-state index is 14.1. The SMILES string of the molecule is O=C1CN(c2cc(F)cc3c2NC(C2CC2)=NS3(=O)=O)C(C(F)(F)F)CN1. The van der Waals surface area contributed by atoms with E-state index in [1.807, 2.05) is 0 Å². The van der Waals surface area contributed by atoms with Gasteiger partial charge in [-0.1, -0.05) is 0 Å². The third kappa shape index (κ3) is 3.22. The van der Waals surface area contributed by atoms with Crippen LogP contribution < -0.4 is 15.5 Å². The standard InChI is InChI=1S/C15H14F4N4O3S/c16-8-3-9(23-6-12(24)20-5-11(23)15(17,18)19)13-10(4-8)27(25,26)22-14(21-13)7-1-2-7/h3-4,7,11H,1-2,5-6H2,(H,20,24)(H,21,22). The molecule has 1 aliphatic carbocycles. The average Bonchev–Trinajstić information content (AvgIpc) is 3.38. The highest BCUT2D eigenvalue weighted by atomic mass is 32.2. The first kappa shape index (κ1) is 18.0. The number of alkyl halides is 3. The molecule has 3 aliphatic rings. The molecular formula is C15H14F4N4O3S. The van der Waals surface area contributed by atoms with Crippen molar-refractivity contribution in [3.8, 4) is 0 Å². The number of benzene rings is 1. The van der Waals surface area contributed by atoms with E-state index in [9.17, 15) is 30.8 Å². The number of piperazine rings is 1. The number of anilines is 2. The summed E-state index contributed by atoms with van der Waals surface area (Å²) < 4.78 is 82.9. The molecule has 1 saturated carbocycles. The van der Waals surface area contributed by atoms with Crippen molar-refractivity contribution >= 4 is 33.1 Å². The van der Waals surface area contributed by atoms with Crippen LogP contribution in [0.4, 0.5) is 28.9 Å². The van der Waals surface area contributed by atoms with E-state index in [4.69, 9.17) is 0 Å². The number of amidine groups is 1. The summed E-state index contributed by atoms with van der Waals surface area (Å²) in [7, 11) is -4.27. The molecule has 0 bridgehead atoms. The Bertz CT molecular complexity index is 957. The van der Waals surface area contributed by atoms with Gasteiger partial charge in [0, 0.05) is 12.5 Å². The van der Waals surface area contributed by atoms with Crippen molar-refractivity contribution in [3.05, 3.63) is 17.9 Å². The highest BCUT2D eigenvalue weighted by Gasteiger charge is 2.48. The van der Waals surface area contributed by atoms with Gasteiger partial charge in [-0.15, -0.1) is 4.40 Å². The molecule has 7 nitrogen and oxygen atoms in total. The zero-order chi connectivity index (χ0) is 19.6. The zero-order valence-electron chi connectivity index (χ0n) is 13.7. The summed E-state index contributed by atoms with van der Waals surface area (Å²) in [6, 6.07) is -0.607. The Morgan fingerprint density at radius 2 is 1.93 bits per heavy atom. The van der Waals surface area contributed by atoms with Crippen LogP contribution in [0, 0.1) is 11.7 Å². The van der Waals surface area contributed by atoms with Gasteiger partial charge in [0.05, 0.1) is 17.9 Å².